The van der Waals surface area contributed by atoms with Crippen molar-refractivity contribution >= 4 is 5.91 Å². The Kier molecular flexibility index (Phi) is 4.63. The maximum atomic E-state index is 13.3. The van der Waals surface area contributed by atoms with Crippen molar-refractivity contribution in [1.82, 2.24) is 24.3 Å². The molecule has 2 aromatic rings. The Bertz CT molecular complexity index is 833. The SMILES string of the molecule is COc1cnccc1C(=O)N1CCCC2(C1)CN(C(C)C)Cc1cncn12. The van der Waals surface area contributed by atoms with Crippen molar-refractivity contribution in [3.63, 3.8) is 0 Å². The highest BCUT2D eigenvalue weighted by atomic mass is 16.5. The van der Waals surface area contributed by atoms with Crippen LogP contribution in [0.2, 0.25) is 0 Å². The fourth-order valence-electron chi connectivity index (χ4n) is 4.45. The normalized spacial score (nSPS) is 22.9. The van der Waals surface area contributed by atoms with Gasteiger partial charge in [-0.3, -0.25) is 14.7 Å². The molecule has 4 heterocycles. The van der Waals surface area contributed by atoms with Crippen LogP contribution < -0.4 is 4.74 Å². The average molecular weight is 369 g/mol. The molecule has 1 saturated heterocycles. The zero-order valence-corrected chi connectivity index (χ0v) is 16.3. The molecule has 2 aromatic heterocycles. The summed E-state index contributed by atoms with van der Waals surface area (Å²) in [5.74, 6) is 0.537. The second-order valence-corrected chi connectivity index (χ2v) is 7.88. The fourth-order valence-corrected chi connectivity index (χ4v) is 4.45. The van der Waals surface area contributed by atoms with E-state index < -0.39 is 0 Å². The van der Waals surface area contributed by atoms with E-state index in [9.17, 15) is 4.79 Å². The van der Waals surface area contributed by atoms with E-state index in [4.69, 9.17) is 4.74 Å². The number of carbonyl (C=O) groups is 1. The zero-order valence-electron chi connectivity index (χ0n) is 16.3. The van der Waals surface area contributed by atoms with Gasteiger partial charge in [-0.05, 0) is 32.8 Å². The summed E-state index contributed by atoms with van der Waals surface area (Å²) in [6.45, 7) is 7.75. The number of hydrogen-bond acceptors (Lipinski definition) is 5. The van der Waals surface area contributed by atoms with E-state index in [0.29, 0.717) is 23.9 Å². The maximum absolute atomic E-state index is 13.3. The number of nitrogens with zero attached hydrogens (tertiary/aromatic N) is 5. The van der Waals surface area contributed by atoms with Gasteiger partial charge in [0, 0.05) is 44.6 Å². The molecule has 1 spiro atoms. The number of fused-ring (bicyclic) bond motifs is 2. The Labute approximate surface area is 160 Å². The van der Waals surface area contributed by atoms with Gasteiger partial charge in [-0.25, -0.2) is 4.98 Å². The molecule has 7 nitrogen and oxygen atoms in total. The van der Waals surface area contributed by atoms with E-state index in [1.807, 2.05) is 17.4 Å². The smallest absolute Gasteiger partial charge is 0.257 e. The fraction of sp³-hybridized carbons (Fsp3) is 0.550. The van der Waals surface area contributed by atoms with Crippen LogP contribution in [-0.2, 0) is 12.1 Å². The van der Waals surface area contributed by atoms with Crippen molar-refractivity contribution in [1.29, 1.82) is 0 Å². The third-order valence-electron chi connectivity index (χ3n) is 5.90. The first-order valence-electron chi connectivity index (χ1n) is 9.57. The van der Waals surface area contributed by atoms with E-state index in [1.165, 1.54) is 5.69 Å². The molecular formula is C20H27N5O2. The number of amides is 1. The van der Waals surface area contributed by atoms with Crippen LogP contribution in [0.1, 0.15) is 42.7 Å². The molecule has 0 radical (unpaired) electrons. The van der Waals surface area contributed by atoms with E-state index in [0.717, 1.165) is 32.5 Å². The molecule has 7 heteroatoms. The largest absolute Gasteiger partial charge is 0.494 e. The van der Waals surface area contributed by atoms with E-state index >= 15 is 0 Å². The quantitative estimate of drug-likeness (QED) is 0.829. The first-order chi connectivity index (χ1) is 13.0. The lowest BCUT2D eigenvalue weighted by molar-refractivity contribution is 0.0176. The zero-order chi connectivity index (χ0) is 19.0. The molecule has 0 aliphatic carbocycles. The highest BCUT2D eigenvalue weighted by molar-refractivity contribution is 5.96. The third-order valence-corrected chi connectivity index (χ3v) is 5.90. The minimum atomic E-state index is -0.122. The van der Waals surface area contributed by atoms with Gasteiger partial charge in [-0.2, -0.15) is 0 Å². The van der Waals surface area contributed by atoms with Crippen LogP contribution >= 0.6 is 0 Å². The molecule has 27 heavy (non-hydrogen) atoms. The molecule has 2 aliphatic rings. The number of ether oxygens (including phenoxy) is 1. The first-order valence-corrected chi connectivity index (χ1v) is 9.57. The van der Waals surface area contributed by atoms with Crippen LogP contribution in [0.4, 0.5) is 0 Å². The van der Waals surface area contributed by atoms with Gasteiger partial charge in [-0.15, -0.1) is 0 Å². The van der Waals surface area contributed by atoms with Crippen molar-refractivity contribution in [2.45, 2.75) is 44.8 Å². The molecule has 0 bridgehead atoms. The van der Waals surface area contributed by atoms with Gasteiger partial charge < -0.3 is 14.2 Å². The lowest BCUT2D eigenvalue weighted by Crippen LogP contribution is -2.60. The van der Waals surface area contributed by atoms with Crippen molar-refractivity contribution in [3.8, 4) is 5.75 Å². The monoisotopic (exact) mass is 369 g/mol. The third kappa shape index (κ3) is 3.10. The second-order valence-electron chi connectivity index (χ2n) is 7.88. The summed E-state index contributed by atoms with van der Waals surface area (Å²) < 4.78 is 7.67. The second kappa shape index (κ2) is 6.96. The predicted octanol–water partition coefficient (Wildman–Crippen LogP) is 2.14. The van der Waals surface area contributed by atoms with Crippen molar-refractivity contribution < 1.29 is 9.53 Å². The summed E-state index contributed by atoms with van der Waals surface area (Å²) in [6, 6.07) is 2.20. The molecule has 1 unspecified atom stereocenters. The molecule has 1 atom stereocenters. The average Bonchev–Trinajstić information content (AvgIpc) is 3.17. The molecular weight excluding hydrogens is 342 g/mol. The Morgan fingerprint density at radius 2 is 2.11 bits per heavy atom. The van der Waals surface area contributed by atoms with Gasteiger partial charge in [0.1, 0.15) is 5.75 Å². The standard InChI is InChI=1S/C20H27N5O2/c1-15(2)24-11-16-9-22-14-25(16)20(13-24)6-4-8-23(12-20)19(26)17-5-7-21-10-18(17)27-3/h5,7,9-10,14-15H,4,6,8,11-13H2,1-3H3. The maximum Gasteiger partial charge on any atom is 0.257 e. The van der Waals surface area contributed by atoms with Gasteiger partial charge in [0.2, 0.25) is 0 Å². The summed E-state index contributed by atoms with van der Waals surface area (Å²) in [6.07, 6.45) is 9.17. The summed E-state index contributed by atoms with van der Waals surface area (Å²) in [5, 5.41) is 0. The van der Waals surface area contributed by atoms with E-state index in [-0.39, 0.29) is 11.4 Å². The minimum absolute atomic E-state index is 0.0108. The number of aromatic nitrogens is 3. The van der Waals surface area contributed by atoms with Crippen LogP contribution in [0.25, 0.3) is 0 Å². The lowest BCUT2D eigenvalue weighted by Gasteiger charge is -2.50. The topological polar surface area (TPSA) is 63.5 Å². The van der Waals surface area contributed by atoms with Crippen molar-refractivity contribution in [2.24, 2.45) is 0 Å². The lowest BCUT2D eigenvalue weighted by atomic mass is 9.85. The minimum Gasteiger partial charge on any atom is -0.494 e. The molecule has 1 amide bonds. The number of pyridine rings is 1. The van der Waals surface area contributed by atoms with Gasteiger partial charge >= 0.3 is 0 Å². The molecule has 4 rings (SSSR count). The van der Waals surface area contributed by atoms with Crippen molar-refractivity contribution in [3.05, 3.63) is 42.2 Å². The number of piperidine rings is 1. The Morgan fingerprint density at radius 1 is 1.26 bits per heavy atom. The van der Waals surface area contributed by atoms with Gasteiger partial charge in [0.05, 0.1) is 36.4 Å². The molecule has 144 valence electrons. The highest BCUT2D eigenvalue weighted by Crippen LogP contribution is 2.36. The van der Waals surface area contributed by atoms with E-state index in [1.54, 1.807) is 25.6 Å². The number of imidazole rings is 1. The predicted molar refractivity (Wildman–Crippen MR) is 102 cm³/mol. The van der Waals surface area contributed by atoms with Gasteiger partial charge in [-0.1, -0.05) is 0 Å². The Balaban J connectivity index is 1.65. The van der Waals surface area contributed by atoms with Gasteiger partial charge in [0.15, 0.2) is 0 Å². The Hall–Kier alpha value is -2.41. The molecule has 0 N–H and O–H groups in total. The summed E-state index contributed by atoms with van der Waals surface area (Å²) in [5.41, 5.74) is 1.68. The molecule has 0 aromatic carbocycles. The van der Waals surface area contributed by atoms with E-state index in [2.05, 4.69) is 33.3 Å². The number of rotatable bonds is 3. The Morgan fingerprint density at radius 3 is 2.89 bits per heavy atom. The molecule has 0 saturated carbocycles. The number of hydrogen-bond donors (Lipinski definition) is 0. The first kappa shape index (κ1) is 18.0. The van der Waals surface area contributed by atoms with Gasteiger partial charge in [0.25, 0.3) is 5.91 Å². The number of likely N-dealkylation sites (tertiary alicyclic amines) is 1. The van der Waals surface area contributed by atoms with Crippen LogP contribution in [0.15, 0.2) is 31.0 Å². The summed E-state index contributed by atoms with van der Waals surface area (Å²) in [7, 11) is 1.57. The highest BCUT2D eigenvalue weighted by Gasteiger charge is 2.44. The molecule has 1 fully saturated rings. The molecule has 2 aliphatic heterocycles. The van der Waals surface area contributed by atoms with Crippen LogP contribution in [0, 0.1) is 0 Å². The van der Waals surface area contributed by atoms with Crippen LogP contribution in [0.5, 0.6) is 5.75 Å². The summed E-state index contributed by atoms with van der Waals surface area (Å²) >= 11 is 0. The summed E-state index contributed by atoms with van der Waals surface area (Å²) in [4.78, 5) is 26.2. The number of carbonyl (C=O) groups excluding carboxylic acids is 1. The van der Waals surface area contributed by atoms with Crippen LogP contribution in [-0.4, -0.2) is 63.0 Å². The van der Waals surface area contributed by atoms with Crippen LogP contribution in [0.3, 0.4) is 0 Å². The number of methoxy groups -OCH3 is 1. The van der Waals surface area contributed by atoms with Crippen molar-refractivity contribution in [2.75, 3.05) is 26.7 Å².